The summed E-state index contributed by atoms with van der Waals surface area (Å²) >= 11 is 1.45. The van der Waals surface area contributed by atoms with Crippen LogP contribution in [0.25, 0.3) is 0 Å². The van der Waals surface area contributed by atoms with Crippen molar-refractivity contribution in [3.05, 3.63) is 11.1 Å². The van der Waals surface area contributed by atoms with E-state index in [0.717, 1.165) is 11.7 Å². The third-order valence-corrected chi connectivity index (χ3v) is 4.08. The molecule has 0 aromatic carbocycles. The van der Waals surface area contributed by atoms with E-state index >= 15 is 0 Å². The molecule has 0 amide bonds. The van der Waals surface area contributed by atoms with Crippen molar-refractivity contribution in [1.29, 1.82) is 0 Å². The summed E-state index contributed by atoms with van der Waals surface area (Å²) in [4.78, 5) is 17.3. The predicted octanol–water partition coefficient (Wildman–Crippen LogP) is 3.00. The summed E-state index contributed by atoms with van der Waals surface area (Å²) in [6.07, 6.45) is 6.00. The van der Waals surface area contributed by atoms with Gasteiger partial charge in [0.05, 0.1) is 0 Å². The van der Waals surface area contributed by atoms with Crippen LogP contribution in [-0.4, -0.2) is 28.6 Å². The molecule has 0 radical (unpaired) electrons. The second-order valence-electron chi connectivity index (χ2n) is 4.45. The molecule has 17 heavy (non-hydrogen) atoms. The van der Waals surface area contributed by atoms with E-state index in [0.29, 0.717) is 6.04 Å². The highest BCUT2D eigenvalue weighted by molar-refractivity contribution is 7.13. The number of carbonyl (C=O) groups is 1. The zero-order chi connectivity index (χ0) is 12.3. The Hall–Kier alpha value is -1.10. The standard InChI is InChI=1S/C12H18N2O2S/c1-2-5-9-6-3-4-7-14(9)12-13-10(8-17-12)11(15)16/h8-9H,2-7H2,1H3,(H,15,16). The van der Waals surface area contributed by atoms with E-state index < -0.39 is 5.97 Å². The maximum absolute atomic E-state index is 10.8. The molecule has 4 nitrogen and oxygen atoms in total. The number of carboxylic acids is 1. The van der Waals surface area contributed by atoms with Crippen molar-refractivity contribution in [1.82, 2.24) is 4.98 Å². The molecule has 1 saturated heterocycles. The van der Waals surface area contributed by atoms with Crippen LogP contribution in [0.3, 0.4) is 0 Å². The monoisotopic (exact) mass is 254 g/mol. The Morgan fingerprint density at radius 3 is 3.12 bits per heavy atom. The van der Waals surface area contributed by atoms with E-state index in [9.17, 15) is 4.79 Å². The highest BCUT2D eigenvalue weighted by Gasteiger charge is 2.24. The predicted molar refractivity (Wildman–Crippen MR) is 69.0 cm³/mol. The number of thiazole rings is 1. The van der Waals surface area contributed by atoms with Crippen LogP contribution < -0.4 is 4.90 Å². The topological polar surface area (TPSA) is 53.4 Å². The Morgan fingerprint density at radius 2 is 2.47 bits per heavy atom. The second kappa shape index (κ2) is 5.49. The maximum Gasteiger partial charge on any atom is 0.355 e. The number of hydrogen-bond donors (Lipinski definition) is 1. The van der Waals surface area contributed by atoms with Crippen molar-refractivity contribution in [2.45, 2.75) is 45.1 Å². The lowest BCUT2D eigenvalue weighted by atomic mass is 9.99. The number of aromatic carboxylic acids is 1. The van der Waals surface area contributed by atoms with E-state index in [4.69, 9.17) is 5.11 Å². The largest absolute Gasteiger partial charge is 0.476 e. The third kappa shape index (κ3) is 2.77. The molecule has 1 N–H and O–H groups in total. The van der Waals surface area contributed by atoms with Crippen molar-refractivity contribution in [2.24, 2.45) is 0 Å². The van der Waals surface area contributed by atoms with Gasteiger partial charge in [0.15, 0.2) is 10.8 Å². The molecule has 5 heteroatoms. The molecule has 0 bridgehead atoms. The maximum atomic E-state index is 10.8. The van der Waals surface area contributed by atoms with E-state index in [1.54, 1.807) is 5.38 Å². The van der Waals surface area contributed by atoms with E-state index in [2.05, 4.69) is 16.8 Å². The zero-order valence-electron chi connectivity index (χ0n) is 10.1. The lowest BCUT2D eigenvalue weighted by Gasteiger charge is -2.35. The van der Waals surface area contributed by atoms with Gasteiger partial charge in [-0.2, -0.15) is 0 Å². The molecule has 1 aromatic heterocycles. The molecular formula is C12H18N2O2S. The summed E-state index contributed by atoms with van der Waals surface area (Å²) in [6.45, 7) is 3.20. The highest BCUT2D eigenvalue weighted by atomic mass is 32.1. The molecule has 0 spiro atoms. The summed E-state index contributed by atoms with van der Waals surface area (Å²) in [5.41, 5.74) is 0.172. The van der Waals surface area contributed by atoms with Crippen molar-refractivity contribution >= 4 is 22.4 Å². The third-order valence-electron chi connectivity index (χ3n) is 3.21. The molecule has 1 aromatic rings. The van der Waals surface area contributed by atoms with Crippen LogP contribution in [0.15, 0.2) is 5.38 Å². The summed E-state index contributed by atoms with van der Waals surface area (Å²) < 4.78 is 0. The van der Waals surface area contributed by atoms with Gasteiger partial charge in [0, 0.05) is 18.0 Å². The first-order chi connectivity index (χ1) is 8.22. The van der Waals surface area contributed by atoms with E-state index in [1.807, 2.05) is 0 Å². The quantitative estimate of drug-likeness (QED) is 0.897. The van der Waals surface area contributed by atoms with E-state index in [-0.39, 0.29) is 5.69 Å². The Bertz CT molecular complexity index is 390. The van der Waals surface area contributed by atoms with Crippen molar-refractivity contribution < 1.29 is 9.90 Å². The highest BCUT2D eigenvalue weighted by Crippen LogP contribution is 2.29. The molecule has 1 unspecified atom stereocenters. The normalized spacial score (nSPS) is 20.5. The van der Waals surface area contributed by atoms with Gasteiger partial charge in [-0.1, -0.05) is 13.3 Å². The molecule has 2 heterocycles. The second-order valence-corrected chi connectivity index (χ2v) is 5.29. The number of hydrogen-bond acceptors (Lipinski definition) is 4. The van der Waals surface area contributed by atoms with Crippen LogP contribution in [0.4, 0.5) is 5.13 Å². The first-order valence-electron chi connectivity index (χ1n) is 6.18. The SMILES string of the molecule is CCCC1CCCCN1c1nc(C(=O)O)cs1. The smallest absolute Gasteiger partial charge is 0.355 e. The molecule has 0 saturated carbocycles. The van der Waals surface area contributed by atoms with E-state index in [1.165, 1.54) is 43.4 Å². The Labute approximate surface area is 105 Å². The average Bonchev–Trinajstić information content (AvgIpc) is 2.79. The minimum absolute atomic E-state index is 0.172. The summed E-state index contributed by atoms with van der Waals surface area (Å²) in [5.74, 6) is -0.934. The fraction of sp³-hybridized carbons (Fsp3) is 0.667. The molecule has 1 aliphatic heterocycles. The zero-order valence-corrected chi connectivity index (χ0v) is 10.9. The van der Waals surface area contributed by atoms with Crippen LogP contribution in [0.2, 0.25) is 0 Å². The Balaban J connectivity index is 2.14. The first-order valence-corrected chi connectivity index (χ1v) is 7.05. The number of piperidine rings is 1. The van der Waals surface area contributed by atoms with Gasteiger partial charge in [0.25, 0.3) is 0 Å². The fourth-order valence-corrected chi connectivity index (χ4v) is 3.28. The Kier molecular flexibility index (Phi) is 3.99. The van der Waals surface area contributed by atoms with Gasteiger partial charge in [-0.15, -0.1) is 11.3 Å². The van der Waals surface area contributed by atoms with Gasteiger partial charge in [-0.05, 0) is 25.7 Å². The molecule has 94 valence electrons. The van der Waals surface area contributed by atoms with Gasteiger partial charge >= 0.3 is 5.97 Å². The summed E-state index contributed by atoms with van der Waals surface area (Å²) in [5, 5.41) is 11.4. The van der Waals surface area contributed by atoms with Crippen LogP contribution >= 0.6 is 11.3 Å². The van der Waals surface area contributed by atoms with Crippen molar-refractivity contribution in [3.63, 3.8) is 0 Å². The molecule has 2 rings (SSSR count). The minimum Gasteiger partial charge on any atom is -0.476 e. The van der Waals surface area contributed by atoms with Crippen LogP contribution in [0.5, 0.6) is 0 Å². The molecular weight excluding hydrogens is 236 g/mol. The minimum atomic E-state index is -0.934. The van der Waals surface area contributed by atoms with Crippen LogP contribution in [0, 0.1) is 0 Å². The number of aromatic nitrogens is 1. The summed E-state index contributed by atoms with van der Waals surface area (Å²) in [7, 11) is 0. The molecule has 0 aliphatic carbocycles. The number of nitrogens with zero attached hydrogens (tertiary/aromatic N) is 2. The molecule has 1 atom stereocenters. The van der Waals surface area contributed by atoms with Gasteiger partial charge in [0.2, 0.25) is 0 Å². The number of carboxylic acid groups (broad SMARTS) is 1. The Morgan fingerprint density at radius 1 is 1.65 bits per heavy atom. The fourth-order valence-electron chi connectivity index (χ4n) is 2.38. The van der Waals surface area contributed by atoms with Crippen LogP contribution in [-0.2, 0) is 0 Å². The van der Waals surface area contributed by atoms with Gasteiger partial charge in [0.1, 0.15) is 0 Å². The van der Waals surface area contributed by atoms with Gasteiger partial charge in [-0.25, -0.2) is 9.78 Å². The lowest BCUT2D eigenvalue weighted by Crippen LogP contribution is -2.39. The number of rotatable bonds is 4. The van der Waals surface area contributed by atoms with Crippen LogP contribution in [0.1, 0.15) is 49.5 Å². The summed E-state index contributed by atoms with van der Waals surface area (Å²) in [6, 6.07) is 0.543. The van der Waals surface area contributed by atoms with Gasteiger partial charge in [-0.3, -0.25) is 0 Å². The lowest BCUT2D eigenvalue weighted by molar-refractivity contribution is 0.0691. The first kappa shape index (κ1) is 12.4. The molecule has 1 fully saturated rings. The van der Waals surface area contributed by atoms with Crippen molar-refractivity contribution in [3.8, 4) is 0 Å². The molecule has 1 aliphatic rings. The van der Waals surface area contributed by atoms with Crippen molar-refractivity contribution in [2.75, 3.05) is 11.4 Å². The number of anilines is 1. The van der Waals surface area contributed by atoms with Gasteiger partial charge < -0.3 is 10.0 Å². The average molecular weight is 254 g/mol.